The van der Waals surface area contributed by atoms with Crippen LogP contribution in [0.3, 0.4) is 0 Å². The molecule has 0 saturated heterocycles. The van der Waals surface area contributed by atoms with Crippen LogP contribution in [0.5, 0.6) is 0 Å². The number of halogens is 3. The van der Waals surface area contributed by atoms with Crippen molar-refractivity contribution in [2.24, 2.45) is 0 Å². The molecule has 0 spiro atoms. The van der Waals surface area contributed by atoms with Gasteiger partial charge in [0.2, 0.25) is 0 Å². The minimum atomic E-state index is -4.19. The van der Waals surface area contributed by atoms with Crippen molar-refractivity contribution in [3.05, 3.63) is 35.4 Å². The molecule has 1 unspecified atom stereocenters. The minimum Gasteiger partial charge on any atom is -0.306 e. The van der Waals surface area contributed by atoms with Gasteiger partial charge in [-0.05, 0) is 31.9 Å². The summed E-state index contributed by atoms with van der Waals surface area (Å²) in [5.74, 6) is 0. The van der Waals surface area contributed by atoms with Gasteiger partial charge in [-0.15, -0.1) is 0 Å². The normalized spacial score (nSPS) is 13.7. The largest absolute Gasteiger partial charge is 0.404 e. The Kier molecular flexibility index (Phi) is 5.00. The van der Waals surface area contributed by atoms with E-state index in [4.69, 9.17) is 0 Å². The summed E-state index contributed by atoms with van der Waals surface area (Å²) in [6.07, 6.45) is -3.51. The Morgan fingerprint density at radius 2 is 1.76 bits per heavy atom. The van der Waals surface area contributed by atoms with E-state index in [0.717, 1.165) is 5.56 Å². The Morgan fingerprint density at radius 1 is 1.18 bits per heavy atom. The standard InChI is InChI=1S/C13H18F3N/c1-3-8-17-12(13(14,15)16)9-11-6-4-10(2)5-7-11/h4-7,12,17H,3,8-9H2,1-2H3. The van der Waals surface area contributed by atoms with Gasteiger partial charge >= 0.3 is 6.18 Å². The molecule has 0 aliphatic heterocycles. The Labute approximate surface area is 100 Å². The summed E-state index contributed by atoms with van der Waals surface area (Å²) in [5, 5.41) is 2.55. The Balaban J connectivity index is 2.68. The number of hydrogen-bond donors (Lipinski definition) is 1. The maximum Gasteiger partial charge on any atom is 0.404 e. The molecule has 1 aromatic carbocycles. The molecule has 17 heavy (non-hydrogen) atoms. The van der Waals surface area contributed by atoms with Gasteiger partial charge in [-0.1, -0.05) is 36.8 Å². The molecule has 0 bridgehead atoms. The first kappa shape index (κ1) is 14.0. The van der Waals surface area contributed by atoms with Gasteiger partial charge in [0, 0.05) is 0 Å². The molecule has 1 aromatic rings. The van der Waals surface area contributed by atoms with Gasteiger partial charge in [0.15, 0.2) is 0 Å². The molecule has 0 saturated carbocycles. The number of benzene rings is 1. The van der Waals surface area contributed by atoms with Crippen LogP contribution in [0.4, 0.5) is 13.2 Å². The highest BCUT2D eigenvalue weighted by Crippen LogP contribution is 2.23. The Morgan fingerprint density at radius 3 is 2.24 bits per heavy atom. The SMILES string of the molecule is CCCNC(Cc1ccc(C)cc1)C(F)(F)F. The molecule has 1 rings (SSSR count). The summed E-state index contributed by atoms with van der Waals surface area (Å²) >= 11 is 0. The van der Waals surface area contributed by atoms with Crippen molar-refractivity contribution in [1.29, 1.82) is 0 Å². The average Bonchev–Trinajstić information content (AvgIpc) is 2.25. The number of hydrogen-bond acceptors (Lipinski definition) is 1. The van der Waals surface area contributed by atoms with Crippen LogP contribution in [0.2, 0.25) is 0 Å². The van der Waals surface area contributed by atoms with E-state index in [1.165, 1.54) is 0 Å². The van der Waals surface area contributed by atoms with Crippen LogP contribution in [-0.4, -0.2) is 18.8 Å². The van der Waals surface area contributed by atoms with Crippen LogP contribution in [0.15, 0.2) is 24.3 Å². The fraction of sp³-hybridized carbons (Fsp3) is 0.538. The lowest BCUT2D eigenvalue weighted by Crippen LogP contribution is -2.44. The number of aryl methyl sites for hydroxylation is 1. The Bertz CT molecular complexity index is 330. The summed E-state index contributed by atoms with van der Waals surface area (Å²) in [5.41, 5.74) is 1.76. The highest BCUT2D eigenvalue weighted by Gasteiger charge is 2.38. The second-order valence-corrected chi connectivity index (χ2v) is 4.24. The molecule has 96 valence electrons. The van der Waals surface area contributed by atoms with Crippen LogP contribution < -0.4 is 5.32 Å². The van der Waals surface area contributed by atoms with Gasteiger partial charge in [-0.3, -0.25) is 0 Å². The predicted octanol–water partition coefficient (Wildman–Crippen LogP) is 3.47. The van der Waals surface area contributed by atoms with Gasteiger partial charge < -0.3 is 5.32 Å². The number of nitrogens with one attached hydrogen (secondary N) is 1. The quantitative estimate of drug-likeness (QED) is 0.837. The van der Waals surface area contributed by atoms with Gasteiger partial charge in [0.05, 0.1) is 0 Å². The van der Waals surface area contributed by atoms with Crippen molar-refractivity contribution in [1.82, 2.24) is 5.32 Å². The van der Waals surface area contributed by atoms with E-state index in [1.807, 2.05) is 26.0 Å². The second-order valence-electron chi connectivity index (χ2n) is 4.24. The lowest BCUT2D eigenvalue weighted by atomic mass is 10.0. The summed E-state index contributed by atoms with van der Waals surface area (Å²) < 4.78 is 38.2. The monoisotopic (exact) mass is 245 g/mol. The zero-order valence-corrected chi connectivity index (χ0v) is 10.1. The molecule has 1 atom stereocenters. The maximum atomic E-state index is 12.7. The first-order chi connectivity index (χ1) is 7.93. The molecule has 0 aliphatic rings. The van der Waals surface area contributed by atoms with E-state index in [1.54, 1.807) is 12.1 Å². The number of rotatable bonds is 5. The van der Waals surface area contributed by atoms with Gasteiger partial charge in [-0.25, -0.2) is 0 Å². The molecule has 1 N–H and O–H groups in total. The molecule has 0 radical (unpaired) electrons. The summed E-state index contributed by atoms with van der Waals surface area (Å²) in [6, 6.07) is 5.72. The zero-order valence-electron chi connectivity index (χ0n) is 10.1. The fourth-order valence-corrected chi connectivity index (χ4v) is 1.58. The van der Waals surface area contributed by atoms with Crippen molar-refractivity contribution in [2.75, 3.05) is 6.54 Å². The maximum absolute atomic E-state index is 12.7. The van der Waals surface area contributed by atoms with Crippen molar-refractivity contribution in [3.63, 3.8) is 0 Å². The second kappa shape index (κ2) is 6.05. The molecule has 0 aromatic heterocycles. The zero-order chi connectivity index (χ0) is 12.9. The summed E-state index contributed by atoms with van der Waals surface area (Å²) in [4.78, 5) is 0. The van der Waals surface area contributed by atoms with Crippen LogP contribution in [0.1, 0.15) is 24.5 Å². The predicted molar refractivity (Wildman–Crippen MR) is 63.0 cm³/mol. The van der Waals surface area contributed by atoms with Gasteiger partial charge in [-0.2, -0.15) is 13.2 Å². The van der Waals surface area contributed by atoms with E-state index in [9.17, 15) is 13.2 Å². The van der Waals surface area contributed by atoms with Gasteiger partial charge in [0.25, 0.3) is 0 Å². The molecular weight excluding hydrogens is 227 g/mol. The van der Waals surface area contributed by atoms with E-state index < -0.39 is 12.2 Å². The molecule has 4 heteroatoms. The molecule has 0 aliphatic carbocycles. The van der Waals surface area contributed by atoms with Crippen LogP contribution in [0.25, 0.3) is 0 Å². The topological polar surface area (TPSA) is 12.0 Å². The first-order valence-corrected chi connectivity index (χ1v) is 5.79. The third-order valence-corrected chi connectivity index (χ3v) is 2.60. The minimum absolute atomic E-state index is 0.0101. The van der Waals surface area contributed by atoms with Crippen LogP contribution in [-0.2, 0) is 6.42 Å². The van der Waals surface area contributed by atoms with E-state index in [2.05, 4.69) is 5.32 Å². The molecule has 0 fully saturated rings. The lowest BCUT2D eigenvalue weighted by molar-refractivity contribution is -0.155. The molecule has 1 nitrogen and oxygen atoms in total. The highest BCUT2D eigenvalue weighted by atomic mass is 19.4. The van der Waals surface area contributed by atoms with Crippen LogP contribution >= 0.6 is 0 Å². The van der Waals surface area contributed by atoms with E-state index in [0.29, 0.717) is 18.5 Å². The van der Waals surface area contributed by atoms with Crippen LogP contribution in [0, 0.1) is 6.92 Å². The third kappa shape index (κ3) is 4.77. The first-order valence-electron chi connectivity index (χ1n) is 5.79. The molecule has 0 amide bonds. The summed E-state index contributed by atoms with van der Waals surface area (Å²) in [6.45, 7) is 4.16. The molecule has 0 heterocycles. The number of alkyl halides is 3. The Hall–Kier alpha value is -1.03. The van der Waals surface area contributed by atoms with E-state index in [-0.39, 0.29) is 6.42 Å². The summed E-state index contributed by atoms with van der Waals surface area (Å²) in [7, 11) is 0. The van der Waals surface area contributed by atoms with Crippen molar-refractivity contribution < 1.29 is 13.2 Å². The van der Waals surface area contributed by atoms with E-state index >= 15 is 0 Å². The smallest absolute Gasteiger partial charge is 0.306 e. The van der Waals surface area contributed by atoms with Crippen molar-refractivity contribution >= 4 is 0 Å². The van der Waals surface area contributed by atoms with Crippen molar-refractivity contribution in [2.45, 2.75) is 38.9 Å². The molecular formula is C13H18F3N. The highest BCUT2D eigenvalue weighted by molar-refractivity contribution is 5.22. The van der Waals surface area contributed by atoms with Gasteiger partial charge in [0.1, 0.15) is 6.04 Å². The third-order valence-electron chi connectivity index (χ3n) is 2.60. The lowest BCUT2D eigenvalue weighted by Gasteiger charge is -2.21. The van der Waals surface area contributed by atoms with Crippen molar-refractivity contribution in [3.8, 4) is 0 Å². The fourth-order valence-electron chi connectivity index (χ4n) is 1.58. The average molecular weight is 245 g/mol.